The summed E-state index contributed by atoms with van der Waals surface area (Å²) in [4.78, 5) is 7.01. The van der Waals surface area contributed by atoms with Gasteiger partial charge in [0.2, 0.25) is 0 Å². The zero-order valence-corrected chi connectivity index (χ0v) is 8.08. The number of rotatable bonds is 0. The van der Waals surface area contributed by atoms with Gasteiger partial charge in [0.05, 0.1) is 0 Å². The van der Waals surface area contributed by atoms with Gasteiger partial charge in [-0.3, -0.25) is 4.99 Å². The SMILES string of the molecule is CC1CCC2CCCN=C2N1C. The fourth-order valence-corrected chi connectivity index (χ4v) is 2.32. The van der Waals surface area contributed by atoms with E-state index in [1.807, 2.05) is 0 Å². The molecule has 0 saturated carbocycles. The van der Waals surface area contributed by atoms with E-state index in [9.17, 15) is 0 Å². The minimum Gasteiger partial charge on any atom is -0.360 e. The molecule has 2 unspecified atom stereocenters. The summed E-state index contributed by atoms with van der Waals surface area (Å²) < 4.78 is 0. The molecule has 12 heavy (non-hydrogen) atoms. The van der Waals surface area contributed by atoms with Crippen LogP contribution >= 0.6 is 0 Å². The number of aliphatic imine (C=N–C) groups is 1. The predicted molar refractivity (Wildman–Crippen MR) is 51.5 cm³/mol. The Labute approximate surface area is 74.7 Å². The van der Waals surface area contributed by atoms with Crippen LogP contribution in [0.2, 0.25) is 0 Å². The Morgan fingerprint density at radius 1 is 1.33 bits per heavy atom. The van der Waals surface area contributed by atoms with Crippen LogP contribution in [0.15, 0.2) is 4.99 Å². The third-order valence-electron chi connectivity index (χ3n) is 3.31. The molecule has 2 aliphatic heterocycles. The topological polar surface area (TPSA) is 15.6 Å². The molecule has 68 valence electrons. The van der Waals surface area contributed by atoms with E-state index in [4.69, 9.17) is 0 Å². The van der Waals surface area contributed by atoms with Crippen LogP contribution in [0.3, 0.4) is 0 Å². The maximum absolute atomic E-state index is 4.63. The summed E-state index contributed by atoms with van der Waals surface area (Å²) in [6.07, 6.45) is 5.39. The minimum absolute atomic E-state index is 0.707. The van der Waals surface area contributed by atoms with Crippen LogP contribution in [0.1, 0.15) is 32.6 Å². The number of piperidine rings is 1. The second-order valence-electron chi connectivity index (χ2n) is 4.12. The van der Waals surface area contributed by atoms with Crippen LogP contribution in [-0.2, 0) is 0 Å². The lowest BCUT2D eigenvalue weighted by atomic mass is 9.87. The number of fused-ring (bicyclic) bond motifs is 1. The van der Waals surface area contributed by atoms with Crippen LogP contribution in [0.25, 0.3) is 0 Å². The standard InChI is InChI=1S/C10H18N2/c1-8-5-6-9-4-3-7-11-10(9)12(8)2/h8-9H,3-7H2,1-2H3. The van der Waals surface area contributed by atoms with Crippen molar-refractivity contribution < 1.29 is 0 Å². The van der Waals surface area contributed by atoms with Gasteiger partial charge < -0.3 is 4.90 Å². The average molecular weight is 166 g/mol. The summed E-state index contributed by atoms with van der Waals surface area (Å²) >= 11 is 0. The first-order valence-corrected chi connectivity index (χ1v) is 5.06. The van der Waals surface area contributed by atoms with Crippen molar-refractivity contribution in [2.75, 3.05) is 13.6 Å². The van der Waals surface area contributed by atoms with Gasteiger partial charge in [0.1, 0.15) is 5.84 Å². The van der Waals surface area contributed by atoms with Crippen LogP contribution < -0.4 is 0 Å². The molecule has 2 heteroatoms. The molecule has 0 radical (unpaired) electrons. The van der Waals surface area contributed by atoms with E-state index in [-0.39, 0.29) is 0 Å². The molecule has 2 heterocycles. The highest BCUT2D eigenvalue weighted by atomic mass is 15.2. The number of amidine groups is 1. The van der Waals surface area contributed by atoms with Crippen LogP contribution in [0, 0.1) is 5.92 Å². The third-order valence-corrected chi connectivity index (χ3v) is 3.31. The van der Waals surface area contributed by atoms with Crippen molar-refractivity contribution in [3.8, 4) is 0 Å². The lowest BCUT2D eigenvalue weighted by Gasteiger charge is -2.40. The highest BCUT2D eigenvalue weighted by Crippen LogP contribution is 2.28. The second-order valence-corrected chi connectivity index (χ2v) is 4.12. The van der Waals surface area contributed by atoms with E-state index >= 15 is 0 Å². The normalized spacial score (nSPS) is 35.8. The maximum Gasteiger partial charge on any atom is 0.102 e. The van der Waals surface area contributed by atoms with Gasteiger partial charge in [-0.15, -0.1) is 0 Å². The zero-order valence-electron chi connectivity index (χ0n) is 8.08. The van der Waals surface area contributed by atoms with Gasteiger partial charge in [-0.2, -0.15) is 0 Å². The molecule has 0 aliphatic carbocycles. The van der Waals surface area contributed by atoms with E-state index in [0.717, 1.165) is 12.5 Å². The summed E-state index contributed by atoms with van der Waals surface area (Å²) in [7, 11) is 2.20. The van der Waals surface area contributed by atoms with Crippen molar-refractivity contribution in [1.82, 2.24) is 4.90 Å². The first kappa shape index (κ1) is 8.09. The van der Waals surface area contributed by atoms with Gasteiger partial charge >= 0.3 is 0 Å². The molecule has 1 fully saturated rings. The summed E-state index contributed by atoms with van der Waals surface area (Å²) in [5.41, 5.74) is 0. The molecule has 2 rings (SSSR count). The Morgan fingerprint density at radius 2 is 2.17 bits per heavy atom. The van der Waals surface area contributed by atoms with Crippen LogP contribution in [0.5, 0.6) is 0 Å². The van der Waals surface area contributed by atoms with Crippen molar-refractivity contribution >= 4 is 5.84 Å². The molecule has 2 atom stereocenters. The zero-order chi connectivity index (χ0) is 8.55. The van der Waals surface area contributed by atoms with E-state index in [1.165, 1.54) is 31.5 Å². The smallest absolute Gasteiger partial charge is 0.102 e. The molecule has 0 bridgehead atoms. The molecule has 0 aromatic rings. The van der Waals surface area contributed by atoms with Crippen LogP contribution in [-0.4, -0.2) is 30.4 Å². The van der Waals surface area contributed by atoms with E-state index < -0.39 is 0 Å². The van der Waals surface area contributed by atoms with Gasteiger partial charge in [-0.1, -0.05) is 0 Å². The van der Waals surface area contributed by atoms with Gasteiger partial charge in [0, 0.05) is 25.6 Å². The Kier molecular flexibility index (Phi) is 2.07. The Hall–Kier alpha value is -0.530. The molecular weight excluding hydrogens is 148 g/mol. The van der Waals surface area contributed by atoms with Crippen LogP contribution in [0.4, 0.5) is 0 Å². The summed E-state index contributed by atoms with van der Waals surface area (Å²) in [5.74, 6) is 2.18. The van der Waals surface area contributed by atoms with Gasteiger partial charge in [-0.25, -0.2) is 0 Å². The number of likely N-dealkylation sites (tertiary alicyclic amines) is 1. The summed E-state index contributed by atoms with van der Waals surface area (Å²) in [6.45, 7) is 3.36. The molecule has 0 amide bonds. The Morgan fingerprint density at radius 3 is 3.00 bits per heavy atom. The van der Waals surface area contributed by atoms with Gasteiger partial charge in [0.15, 0.2) is 0 Å². The predicted octanol–water partition coefficient (Wildman–Crippen LogP) is 1.91. The number of nitrogens with zero attached hydrogens (tertiary/aromatic N) is 2. The van der Waals surface area contributed by atoms with E-state index in [1.54, 1.807) is 0 Å². The quantitative estimate of drug-likeness (QED) is 0.536. The van der Waals surface area contributed by atoms with E-state index in [2.05, 4.69) is 23.9 Å². The van der Waals surface area contributed by atoms with Crippen molar-refractivity contribution in [3.05, 3.63) is 0 Å². The Balaban J connectivity index is 2.16. The first-order valence-electron chi connectivity index (χ1n) is 5.06. The molecule has 2 nitrogen and oxygen atoms in total. The number of hydrogen-bond donors (Lipinski definition) is 0. The van der Waals surface area contributed by atoms with Crippen molar-refractivity contribution in [2.24, 2.45) is 10.9 Å². The summed E-state index contributed by atoms with van der Waals surface area (Å²) in [6, 6.07) is 0.707. The van der Waals surface area contributed by atoms with Crippen molar-refractivity contribution in [1.29, 1.82) is 0 Å². The molecule has 1 saturated heterocycles. The number of hydrogen-bond acceptors (Lipinski definition) is 2. The van der Waals surface area contributed by atoms with E-state index in [0.29, 0.717) is 6.04 Å². The molecule has 0 spiro atoms. The fourth-order valence-electron chi connectivity index (χ4n) is 2.32. The lowest BCUT2D eigenvalue weighted by molar-refractivity contribution is 0.275. The van der Waals surface area contributed by atoms with Gasteiger partial charge in [0.25, 0.3) is 0 Å². The monoisotopic (exact) mass is 166 g/mol. The third kappa shape index (κ3) is 1.23. The lowest BCUT2D eigenvalue weighted by Crippen LogP contribution is -2.45. The molecule has 2 aliphatic rings. The Bertz CT molecular complexity index is 198. The molecule has 0 N–H and O–H groups in total. The van der Waals surface area contributed by atoms with Crippen molar-refractivity contribution in [3.63, 3.8) is 0 Å². The molecule has 0 aromatic heterocycles. The van der Waals surface area contributed by atoms with Gasteiger partial charge in [-0.05, 0) is 32.6 Å². The highest BCUT2D eigenvalue weighted by Gasteiger charge is 2.29. The van der Waals surface area contributed by atoms with Crippen molar-refractivity contribution in [2.45, 2.75) is 38.6 Å². The second kappa shape index (κ2) is 3.08. The molecule has 0 aromatic carbocycles. The largest absolute Gasteiger partial charge is 0.360 e. The minimum atomic E-state index is 0.707. The highest BCUT2D eigenvalue weighted by molar-refractivity contribution is 5.85. The first-order chi connectivity index (χ1) is 5.79. The maximum atomic E-state index is 4.63. The average Bonchev–Trinajstić information content (AvgIpc) is 2.12. The summed E-state index contributed by atoms with van der Waals surface area (Å²) in [5, 5.41) is 0. The fraction of sp³-hybridized carbons (Fsp3) is 0.900. The molecular formula is C10H18N2.